The first-order valence-electron chi connectivity index (χ1n) is 7.21. The van der Waals surface area contributed by atoms with Crippen LogP contribution in [0.1, 0.15) is 35.9 Å². The van der Waals surface area contributed by atoms with E-state index in [0.29, 0.717) is 12.2 Å². The van der Waals surface area contributed by atoms with Crippen LogP contribution in [0.15, 0.2) is 41.2 Å². The molecular weight excluding hydrogens is 282 g/mol. The molecule has 2 rings (SSSR count). The number of hydrogen-bond acceptors (Lipinski definition) is 4. The normalized spacial score (nSPS) is 12.3. The third kappa shape index (κ3) is 4.12. The number of pyridine rings is 1. The fourth-order valence-electron chi connectivity index (χ4n) is 2.36. The quantitative estimate of drug-likeness (QED) is 0.855. The number of carbonyl (C=O) groups excluding carboxylic acids is 1. The Balaban J connectivity index is 2.04. The molecule has 2 heterocycles. The number of aromatic nitrogens is 1. The summed E-state index contributed by atoms with van der Waals surface area (Å²) in [7, 11) is 0. The lowest BCUT2D eigenvalue weighted by Crippen LogP contribution is -2.38. The van der Waals surface area contributed by atoms with Crippen molar-refractivity contribution in [2.45, 2.75) is 19.9 Å². The summed E-state index contributed by atoms with van der Waals surface area (Å²) in [5, 5.41) is 7.22. The molecule has 0 aliphatic rings. The van der Waals surface area contributed by atoms with Gasteiger partial charge in [0.05, 0.1) is 6.04 Å². The zero-order chi connectivity index (χ0) is 15.1. The second-order valence-electron chi connectivity index (χ2n) is 4.72. The fourth-order valence-corrected chi connectivity index (χ4v) is 3.07. The first-order valence-corrected chi connectivity index (χ1v) is 8.15. The summed E-state index contributed by atoms with van der Waals surface area (Å²) in [6.07, 6.45) is 1.63. The van der Waals surface area contributed by atoms with Crippen LogP contribution in [0.3, 0.4) is 0 Å². The maximum atomic E-state index is 12.1. The van der Waals surface area contributed by atoms with Crippen molar-refractivity contribution in [1.29, 1.82) is 0 Å². The van der Waals surface area contributed by atoms with Crippen molar-refractivity contribution in [2.75, 3.05) is 19.6 Å². The first-order chi connectivity index (χ1) is 10.3. The lowest BCUT2D eigenvalue weighted by atomic mass is 10.1. The summed E-state index contributed by atoms with van der Waals surface area (Å²) in [5.74, 6) is -0.122. The summed E-state index contributed by atoms with van der Waals surface area (Å²) in [5.41, 5.74) is 1.71. The molecule has 0 spiro atoms. The van der Waals surface area contributed by atoms with Crippen molar-refractivity contribution in [3.05, 3.63) is 52.5 Å². The highest BCUT2D eigenvalue weighted by Crippen LogP contribution is 2.22. The average Bonchev–Trinajstić information content (AvgIpc) is 3.06. The van der Waals surface area contributed by atoms with E-state index < -0.39 is 0 Å². The van der Waals surface area contributed by atoms with Crippen LogP contribution in [-0.2, 0) is 0 Å². The van der Waals surface area contributed by atoms with Gasteiger partial charge < -0.3 is 5.32 Å². The van der Waals surface area contributed by atoms with Gasteiger partial charge in [-0.15, -0.1) is 0 Å². The average molecular weight is 303 g/mol. The van der Waals surface area contributed by atoms with E-state index in [1.165, 1.54) is 5.56 Å². The van der Waals surface area contributed by atoms with E-state index in [9.17, 15) is 4.79 Å². The number of nitrogens with one attached hydrogen (secondary N) is 1. The van der Waals surface area contributed by atoms with Crippen molar-refractivity contribution >= 4 is 17.2 Å². The lowest BCUT2D eigenvalue weighted by Gasteiger charge is -2.29. The van der Waals surface area contributed by atoms with Gasteiger partial charge in [0.1, 0.15) is 5.69 Å². The SMILES string of the molecule is CCN(CC)[C@H](CNC(=O)c1ccccn1)c1ccsc1. The van der Waals surface area contributed by atoms with Crippen LogP contribution in [0.4, 0.5) is 0 Å². The lowest BCUT2D eigenvalue weighted by molar-refractivity contribution is 0.0930. The third-order valence-electron chi connectivity index (χ3n) is 3.53. The molecule has 0 aliphatic carbocycles. The number of rotatable bonds is 7. The highest BCUT2D eigenvalue weighted by Gasteiger charge is 2.19. The molecule has 0 saturated heterocycles. The molecule has 0 aromatic carbocycles. The highest BCUT2D eigenvalue weighted by molar-refractivity contribution is 7.07. The van der Waals surface area contributed by atoms with E-state index in [2.05, 4.69) is 45.9 Å². The molecule has 0 bridgehead atoms. The van der Waals surface area contributed by atoms with Crippen LogP contribution < -0.4 is 5.32 Å². The number of amides is 1. The second-order valence-corrected chi connectivity index (χ2v) is 5.50. The molecule has 0 fully saturated rings. The fraction of sp³-hybridized carbons (Fsp3) is 0.375. The van der Waals surface area contributed by atoms with Gasteiger partial charge in [-0.05, 0) is 47.6 Å². The first kappa shape index (κ1) is 15.7. The Morgan fingerprint density at radius 3 is 2.71 bits per heavy atom. The Bertz CT molecular complexity index is 538. The predicted molar refractivity (Wildman–Crippen MR) is 86.6 cm³/mol. The van der Waals surface area contributed by atoms with E-state index >= 15 is 0 Å². The Morgan fingerprint density at radius 1 is 1.33 bits per heavy atom. The van der Waals surface area contributed by atoms with E-state index in [1.54, 1.807) is 29.7 Å². The summed E-state index contributed by atoms with van der Waals surface area (Å²) in [6, 6.07) is 7.69. The Hall–Kier alpha value is -1.72. The van der Waals surface area contributed by atoms with Crippen LogP contribution in [0.25, 0.3) is 0 Å². The minimum absolute atomic E-state index is 0.122. The summed E-state index contributed by atoms with van der Waals surface area (Å²) >= 11 is 1.69. The molecule has 0 aliphatic heterocycles. The molecule has 0 unspecified atom stereocenters. The minimum Gasteiger partial charge on any atom is -0.349 e. The van der Waals surface area contributed by atoms with Gasteiger partial charge in [-0.1, -0.05) is 19.9 Å². The molecule has 1 atom stereocenters. The van der Waals surface area contributed by atoms with Crippen molar-refractivity contribution in [3.63, 3.8) is 0 Å². The Morgan fingerprint density at radius 2 is 2.14 bits per heavy atom. The van der Waals surface area contributed by atoms with E-state index in [1.807, 2.05) is 6.07 Å². The number of nitrogens with zero attached hydrogens (tertiary/aromatic N) is 2. The maximum Gasteiger partial charge on any atom is 0.269 e. The number of thiophene rings is 1. The van der Waals surface area contributed by atoms with Gasteiger partial charge in [-0.25, -0.2) is 0 Å². The molecule has 112 valence electrons. The van der Waals surface area contributed by atoms with Gasteiger partial charge in [-0.3, -0.25) is 14.7 Å². The number of hydrogen-bond donors (Lipinski definition) is 1. The number of carbonyl (C=O) groups is 1. The molecule has 0 radical (unpaired) electrons. The molecular formula is C16H21N3OS. The summed E-state index contributed by atoms with van der Waals surface area (Å²) in [6.45, 7) is 6.79. The Labute approximate surface area is 129 Å². The molecule has 0 saturated carbocycles. The summed E-state index contributed by atoms with van der Waals surface area (Å²) < 4.78 is 0. The van der Waals surface area contributed by atoms with E-state index in [4.69, 9.17) is 0 Å². The molecule has 4 nitrogen and oxygen atoms in total. The van der Waals surface area contributed by atoms with Crippen LogP contribution in [0.2, 0.25) is 0 Å². The summed E-state index contributed by atoms with van der Waals surface area (Å²) in [4.78, 5) is 18.6. The zero-order valence-electron chi connectivity index (χ0n) is 12.5. The van der Waals surface area contributed by atoms with Crippen molar-refractivity contribution in [3.8, 4) is 0 Å². The topological polar surface area (TPSA) is 45.2 Å². The minimum atomic E-state index is -0.122. The monoisotopic (exact) mass is 303 g/mol. The van der Waals surface area contributed by atoms with Crippen molar-refractivity contribution < 1.29 is 4.79 Å². The van der Waals surface area contributed by atoms with Crippen LogP contribution in [0, 0.1) is 0 Å². The van der Waals surface area contributed by atoms with E-state index in [-0.39, 0.29) is 11.9 Å². The van der Waals surface area contributed by atoms with Gasteiger partial charge >= 0.3 is 0 Å². The smallest absolute Gasteiger partial charge is 0.269 e. The molecule has 5 heteroatoms. The standard InChI is InChI=1S/C16H21N3OS/c1-3-19(4-2)15(13-8-10-21-12-13)11-18-16(20)14-7-5-6-9-17-14/h5-10,12,15H,3-4,11H2,1-2H3,(H,18,20)/t15-/m1/s1. The largest absolute Gasteiger partial charge is 0.349 e. The maximum absolute atomic E-state index is 12.1. The van der Waals surface area contributed by atoms with Crippen LogP contribution in [0.5, 0.6) is 0 Å². The zero-order valence-corrected chi connectivity index (χ0v) is 13.3. The second kappa shape index (κ2) is 7.90. The van der Waals surface area contributed by atoms with Crippen molar-refractivity contribution in [1.82, 2.24) is 15.2 Å². The third-order valence-corrected chi connectivity index (χ3v) is 4.24. The van der Waals surface area contributed by atoms with E-state index in [0.717, 1.165) is 13.1 Å². The van der Waals surface area contributed by atoms with Gasteiger partial charge in [0, 0.05) is 12.7 Å². The van der Waals surface area contributed by atoms with Gasteiger partial charge in [0.15, 0.2) is 0 Å². The van der Waals surface area contributed by atoms with Gasteiger partial charge in [-0.2, -0.15) is 11.3 Å². The predicted octanol–water partition coefficient (Wildman–Crippen LogP) is 2.96. The number of likely N-dealkylation sites (N-methyl/N-ethyl adjacent to an activating group) is 1. The highest BCUT2D eigenvalue weighted by atomic mass is 32.1. The molecule has 21 heavy (non-hydrogen) atoms. The molecule has 2 aromatic heterocycles. The van der Waals surface area contributed by atoms with Crippen LogP contribution in [-0.4, -0.2) is 35.4 Å². The van der Waals surface area contributed by atoms with Gasteiger partial charge in [0.2, 0.25) is 0 Å². The van der Waals surface area contributed by atoms with Crippen LogP contribution >= 0.6 is 11.3 Å². The molecule has 1 amide bonds. The van der Waals surface area contributed by atoms with Gasteiger partial charge in [0.25, 0.3) is 5.91 Å². The molecule has 2 aromatic rings. The Kier molecular flexibility index (Phi) is 5.90. The molecule has 1 N–H and O–H groups in total. The van der Waals surface area contributed by atoms with Crippen molar-refractivity contribution in [2.24, 2.45) is 0 Å².